The van der Waals surface area contributed by atoms with Crippen LogP contribution in [0.25, 0.3) is 0 Å². The second kappa shape index (κ2) is 5.95. The van der Waals surface area contributed by atoms with E-state index < -0.39 is 0 Å². The zero-order chi connectivity index (χ0) is 13.1. The lowest BCUT2D eigenvalue weighted by molar-refractivity contribution is 0.107. The number of nitrogens with one attached hydrogen (secondary N) is 1. The third-order valence-electron chi connectivity index (χ3n) is 4.34. The SMILES string of the molecule is Cc1cn(C2CCCC2)c(NCCC2CCCO2)n1. The molecular weight excluding hydrogens is 238 g/mol. The number of aryl methyl sites for hydroxylation is 1. The molecule has 3 rings (SSSR count). The van der Waals surface area contributed by atoms with E-state index >= 15 is 0 Å². The van der Waals surface area contributed by atoms with Crippen molar-refractivity contribution in [2.45, 2.75) is 64.0 Å². The van der Waals surface area contributed by atoms with Crippen molar-refractivity contribution in [2.75, 3.05) is 18.5 Å². The van der Waals surface area contributed by atoms with E-state index in [4.69, 9.17) is 4.74 Å². The van der Waals surface area contributed by atoms with Crippen LogP contribution in [-0.4, -0.2) is 28.8 Å². The van der Waals surface area contributed by atoms with E-state index in [1.807, 2.05) is 0 Å². The lowest BCUT2D eigenvalue weighted by Gasteiger charge is -2.16. The van der Waals surface area contributed by atoms with Crippen molar-refractivity contribution in [2.24, 2.45) is 0 Å². The molecule has 2 aliphatic rings. The highest BCUT2D eigenvalue weighted by Crippen LogP contribution is 2.32. The first kappa shape index (κ1) is 13.0. The topological polar surface area (TPSA) is 39.1 Å². The summed E-state index contributed by atoms with van der Waals surface area (Å²) in [6.45, 7) is 3.99. The molecule has 1 N–H and O–H groups in total. The van der Waals surface area contributed by atoms with Gasteiger partial charge in [-0.2, -0.15) is 0 Å². The summed E-state index contributed by atoms with van der Waals surface area (Å²) in [7, 11) is 0. The molecule has 1 saturated heterocycles. The van der Waals surface area contributed by atoms with Gasteiger partial charge in [0.2, 0.25) is 5.95 Å². The minimum absolute atomic E-state index is 0.462. The second-order valence-electron chi connectivity index (χ2n) is 5.90. The van der Waals surface area contributed by atoms with Gasteiger partial charge >= 0.3 is 0 Å². The predicted octanol–water partition coefficient (Wildman–Crippen LogP) is 3.29. The van der Waals surface area contributed by atoms with Gasteiger partial charge in [-0.1, -0.05) is 12.8 Å². The van der Waals surface area contributed by atoms with Crippen LogP contribution in [0.2, 0.25) is 0 Å². The van der Waals surface area contributed by atoms with Gasteiger partial charge in [-0.3, -0.25) is 0 Å². The van der Waals surface area contributed by atoms with E-state index in [1.165, 1.54) is 38.5 Å². The molecule has 0 bridgehead atoms. The predicted molar refractivity (Wildman–Crippen MR) is 76.5 cm³/mol. The van der Waals surface area contributed by atoms with Crippen LogP contribution in [0.3, 0.4) is 0 Å². The Kier molecular flexibility index (Phi) is 4.06. The monoisotopic (exact) mass is 263 g/mol. The van der Waals surface area contributed by atoms with Gasteiger partial charge < -0.3 is 14.6 Å². The van der Waals surface area contributed by atoms with E-state index in [-0.39, 0.29) is 0 Å². The zero-order valence-corrected chi connectivity index (χ0v) is 11.9. The molecule has 4 heteroatoms. The maximum atomic E-state index is 5.66. The Balaban J connectivity index is 1.56. The fourth-order valence-electron chi connectivity index (χ4n) is 3.32. The first-order chi connectivity index (χ1) is 9.33. The summed E-state index contributed by atoms with van der Waals surface area (Å²) in [6, 6.07) is 0.659. The Morgan fingerprint density at radius 1 is 1.32 bits per heavy atom. The summed E-state index contributed by atoms with van der Waals surface area (Å²) in [5.41, 5.74) is 1.12. The fraction of sp³-hybridized carbons (Fsp3) is 0.800. The minimum atomic E-state index is 0.462. The molecule has 1 aliphatic carbocycles. The maximum absolute atomic E-state index is 5.66. The van der Waals surface area contributed by atoms with E-state index in [1.54, 1.807) is 0 Å². The van der Waals surface area contributed by atoms with E-state index in [0.717, 1.165) is 31.2 Å². The minimum Gasteiger partial charge on any atom is -0.378 e. The maximum Gasteiger partial charge on any atom is 0.203 e. The van der Waals surface area contributed by atoms with Crippen molar-refractivity contribution >= 4 is 5.95 Å². The number of hydrogen-bond donors (Lipinski definition) is 1. The molecule has 1 atom stereocenters. The lowest BCUT2D eigenvalue weighted by atomic mass is 10.2. The third-order valence-corrected chi connectivity index (χ3v) is 4.34. The summed E-state index contributed by atoms with van der Waals surface area (Å²) in [5, 5.41) is 3.51. The second-order valence-corrected chi connectivity index (χ2v) is 5.90. The van der Waals surface area contributed by atoms with Crippen LogP contribution in [-0.2, 0) is 4.74 Å². The Hall–Kier alpha value is -1.03. The Morgan fingerprint density at radius 2 is 2.16 bits per heavy atom. The normalized spacial score (nSPS) is 24.2. The van der Waals surface area contributed by atoms with Crippen molar-refractivity contribution < 1.29 is 4.74 Å². The number of rotatable bonds is 5. The summed E-state index contributed by atoms with van der Waals surface area (Å²) < 4.78 is 8.02. The van der Waals surface area contributed by atoms with Crippen molar-refractivity contribution in [1.29, 1.82) is 0 Å². The molecule has 1 aliphatic heterocycles. The molecule has 106 valence electrons. The fourth-order valence-corrected chi connectivity index (χ4v) is 3.32. The van der Waals surface area contributed by atoms with Crippen molar-refractivity contribution in [3.05, 3.63) is 11.9 Å². The standard InChI is InChI=1S/C15H25N3O/c1-12-11-18(13-5-2-3-6-13)15(17-12)16-9-8-14-7-4-10-19-14/h11,13-14H,2-10H2,1H3,(H,16,17). The third kappa shape index (κ3) is 3.11. The molecule has 0 aromatic carbocycles. The highest BCUT2D eigenvalue weighted by atomic mass is 16.5. The largest absolute Gasteiger partial charge is 0.378 e. The van der Waals surface area contributed by atoms with Crippen LogP contribution in [0, 0.1) is 6.92 Å². The molecule has 0 radical (unpaired) electrons. The number of hydrogen-bond acceptors (Lipinski definition) is 3. The summed E-state index contributed by atoms with van der Waals surface area (Å²) in [6.07, 6.45) is 11.5. The molecule has 1 aromatic rings. The number of nitrogens with zero attached hydrogens (tertiary/aromatic N) is 2. The molecule has 1 unspecified atom stereocenters. The molecule has 2 heterocycles. The van der Waals surface area contributed by atoms with Gasteiger partial charge in [0.1, 0.15) is 0 Å². The van der Waals surface area contributed by atoms with Gasteiger partial charge in [-0.05, 0) is 39.0 Å². The average Bonchev–Trinajstić information content (AvgIpc) is 3.09. The zero-order valence-electron chi connectivity index (χ0n) is 11.9. The summed E-state index contributed by atoms with van der Waals surface area (Å²) >= 11 is 0. The number of aromatic nitrogens is 2. The number of anilines is 1. The number of ether oxygens (including phenoxy) is 1. The summed E-state index contributed by atoms with van der Waals surface area (Å²) in [4.78, 5) is 4.63. The van der Waals surface area contributed by atoms with E-state index in [2.05, 4.69) is 28.0 Å². The van der Waals surface area contributed by atoms with Gasteiger partial charge in [0.15, 0.2) is 0 Å². The molecule has 1 aromatic heterocycles. The smallest absolute Gasteiger partial charge is 0.203 e. The van der Waals surface area contributed by atoms with Gasteiger partial charge in [0.25, 0.3) is 0 Å². The van der Waals surface area contributed by atoms with Crippen molar-refractivity contribution in [3.63, 3.8) is 0 Å². The lowest BCUT2D eigenvalue weighted by Crippen LogP contribution is -2.16. The first-order valence-electron chi connectivity index (χ1n) is 7.74. The van der Waals surface area contributed by atoms with Crippen molar-refractivity contribution in [3.8, 4) is 0 Å². The molecule has 0 amide bonds. The van der Waals surface area contributed by atoms with Crippen LogP contribution in [0.15, 0.2) is 6.20 Å². The van der Waals surface area contributed by atoms with E-state index in [0.29, 0.717) is 12.1 Å². The Bertz CT molecular complexity index is 404. The van der Waals surface area contributed by atoms with Crippen LogP contribution < -0.4 is 5.32 Å². The summed E-state index contributed by atoms with van der Waals surface area (Å²) in [5.74, 6) is 1.06. The quantitative estimate of drug-likeness (QED) is 0.886. The van der Waals surface area contributed by atoms with E-state index in [9.17, 15) is 0 Å². The van der Waals surface area contributed by atoms with Crippen LogP contribution in [0.5, 0.6) is 0 Å². The highest BCUT2D eigenvalue weighted by Gasteiger charge is 2.20. The Labute approximate surface area is 115 Å². The number of imidazole rings is 1. The van der Waals surface area contributed by atoms with Crippen molar-refractivity contribution in [1.82, 2.24) is 9.55 Å². The van der Waals surface area contributed by atoms with Gasteiger partial charge in [0.05, 0.1) is 11.8 Å². The Morgan fingerprint density at radius 3 is 2.89 bits per heavy atom. The molecule has 0 spiro atoms. The molecule has 4 nitrogen and oxygen atoms in total. The van der Waals surface area contributed by atoms with Gasteiger partial charge in [-0.25, -0.2) is 4.98 Å². The molecule has 1 saturated carbocycles. The van der Waals surface area contributed by atoms with Crippen LogP contribution >= 0.6 is 0 Å². The molecule has 2 fully saturated rings. The average molecular weight is 263 g/mol. The molecular formula is C15H25N3O. The van der Waals surface area contributed by atoms with Crippen LogP contribution in [0.1, 0.15) is 56.7 Å². The van der Waals surface area contributed by atoms with Crippen LogP contribution in [0.4, 0.5) is 5.95 Å². The molecule has 19 heavy (non-hydrogen) atoms. The van der Waals surface area contributed by atoms with Gasteiger partial charge in [-0.15, -0.1) is 0 Å². The highest BCUT2D eigenvalue weighted by molar-refractivity contribution is 5.29. The van der Waals surface area contributed by atoms with Gasteiger partial charge in [0, 0.05) is 25.4 Å². The first-order valence-corrected chi connectivity index (χ1v) is 7.74.